The first kappa shape index (κ1) is 18.9. The third-order valence-electron chi connectivity index (χ3n) is 4.65. The molecule has 1 heterocycles. The summed E-state index contributed by atoms with van der Waals surface area (Å²) < 4.78 is 29.5. The zero-order chi connectivity index (χ0) is 19.1. The van der Waals surface area contributed by atoms with Gasteiger partial charge in [0, 0.05) is 23.1 Å². The van der Waals surface area contributed by atoms with Crippen molar-refractivity contribution >= 4 is 43.2 Å². The van der Waals surface area contributed by atoms with Crippen molar-refractivity contribution in [3.05, 3.63) is 51.5 Å². The predicted molar refractivity (Wildman–Crippen MR) is 107 cm³/mol. The lowest BCUT2D eigenvalue weighted by Crippen LogP contribution is -2.29. The lowest BCUT2D eigenvalue weighted by molar-refractivity contribution is -0.118. The van der Waals surface area contributed by atoms with Gasteiger partial charge in [0.2, 0.25) is 5.91 Å². The Balaban J connectivity index is 2.08. The number of hydrogen-bond acceptors (Lipinski definition) is 3. The molecule has 2 aromatic carbocycles. The van der Waals surface area contributed by atoms with E-state index in [1.807, 2.05) is 26.0 Å². The highest BCUT2D eigenvalue weighted by Gasteiger charge is 2.32. The van der Waals surface area contributed by atoms with E-state index in [0.29, 0.717) is 35.2 Å². The second-order valence-electron chi connectivity index (χ2n) is 6.47. The van der Waals surface area contributed by atoms with Gasteiger partial charge >= 0.3 is 0 Å². The van der Waals surface area contributed by atoms with E-state index in [9.17, 15) is 13.2 Å². The molecule has 1 N–H and O–H groups in total. The van der Waals surface area contributed by atoms with Gasteiger partial charge in [-0.1, -0.05) is 28.9 Å². The SMILES string of the molecule is CCC(=O)N1CCc2cc(Br)cc(S(=O)(=O)Nc3ccc(C)c(C)c3)c21. The second-order valence-corrected chi connectivity index (χ2v) is 9.03. The first-order valence-electron chi connectivity index (χ1n) is 8.46. The van der Waals surface area contributed by atoms with Crippen LogP contribution < -0.4 is 9.62 Å². The number of sulfonamides is 1. The molecule has 26 heavy (non-hydrogen) atoms. The van der Waals surface area contributed by atoms with Crippen LogP contribution >= 0.6 is 15.9 Å². The minimum Gasteiger partial charge on any atom is -0.310 e. The molecule has 0 unspecified atom stereocenters. The number of hydrogen-bond donors (Lipinski definition) is 1. The highest BCUT2D eigenvalue weighted by atomic mass is 79.9. The summed E-state index contributed by atoms with van der Waals surface area (Å²) in [7, 11) is -3.84. The summed E-state index contributed by atoms with van der Waals surface area (Å²) >= 11 is 3.39. The fourth-order valence-electron chi connectivity index (χ4n) is 3.13. The van der Waals surface area contributed by atoms with Crippen molar-refractivity contribution in [1.82, 2.24) is 0 Å². The van der Waals surface area contributed by atoms with Gasteiger partial charge in [0.25, 0.3) is 10.0 Å². The van der Waals surface area contributed by atoms with Gasteiger partial charge < -0.3 is 4.90 Å². The standard InChI is InChI=1S/C19H21BrN2O3S/c1-4-18(23)22-8-7-14-10-15(20)11-17(19(14)22)26(24,25)21-16-6-5-12(2)13(3)9-16/h5-6,9-11,21H,4,7-8H2,1-3H3. The van der Waals surface area contributed by atoms with E-state index in [1.54, 1.807) is 30.0 Å². The van der Waals surface area contributed by atoms with Crippen molar-refractivity contribution < 1.29 is 13.2 Å². The maximum Gasteiger partial charge on any atom is 0.264 e. The molecule has 5 nitrogen and oxygen atoms in total. The lowest BCUT2D eigenvalue weighted by atomic mass is 10.1. The maximum atomic E-state index is 13.1. The molecule has 0 fully saturated rings. The van der Waals surface area contributed by atoms with Crippen molar-refractivity contribution in [1.29, 1.82) is 0 Å². The molecule has 7 heteroatoms. The molecule has 138 valence electrons. The predicted octanol–water partition coefficient (Wildman–Crippen LogP) is 4.17. The van der Waals surface area contributed by atoms with Crippen molar-refractivity contribution in [3.8, 4) is 0 Å². The zero-order valence-corrected chi connectivity index (χ0v) is 17.4. The van der Waals surface area contributed by atoms with Crippen LogP contribution in [0.1, 0.15) is 30.0 Å². The summed E-state index contributed by atoms with van der Waals surface area (Å²) in [5.74, 6) is -0.0753. The van der Waals surface area contributed by atoms with Gasteiger partial charge in [0.05, 0.1) is 5.69 Å². The highest BCUT2D eigenvalue weighted by Crippen LogP contribution is 2.38. The molecule has 0 aromatic heterocycles. The topological polar surface area (TPSA) is 66.5 Å². The van der Waals surface area contributed by atoms with Crippen LogP contribution in [0.2, 0.25) is 0 Å². The largest absolute Gasteiger partial charge is 0.310 e. The van der Waals surface area contributed by atoms with Gasteiger partial charge in [-0.2, -0.15) is 0 Å². The Morgan fingerprint density at radius 2 is 1.92 bits per heavy atom. The van der Waals surface area contributed by atoms with Crippen molar-refractivity contribution in [2.45, 2.75) is 38.5 Å². The van der Waals surface area contributed by atoms with E-state index in [-0.39, 0.29) is 10.8 Å². The van der Waals surface area contributed by atoms with Crippen LogP contribution in [0.4, 0.5) is 11.4 Å². The number of carbonyl (C=O) groups excluding carboxylic acids is 1. The highest BCUT2D eigenvalue weighted by molar-refractivity contribution is 9.10. The minimum atomic E-state index is -3.84. The average molecular weight is 437 g/mol. The number of aryl methyl sites for hydroxylation is 2. The number of amides is 1. The van der Waals surface area contributed by atoms with E-state index in [1.165, 1.54) is 0 Å². The Kier molecular flexibility index (Phi) is 5.12. The van der Waals surface area contributed by atoms with Crippen LogP contribution in [-0.2, 0) is 21.2 Å². The maximum absolute atomic E-state index is 13.1. The monoisotopic (exact) mass is 436 g/mol. The Labute approximate surface area is 162 Å². The molecule has 0 saturated heterocycles. The molecule has 0 aliphatic carbocycles. The smallest absolute Gasteiger partial charge is 0.264 e. The normalized spacial score (nSPS) is 13.6. The quantitative estimate of drug-likeness (QED) is 0.781. The third kappa shape index (κ3) is 3.50. The van der Waals surface area contributed by atoms with Crippen LogP contribution in [-0.4, -0.2) is 20.9 Å². The molecule has 1 aliphatic rings. The fraction of sp³-hybridized carbons (Fsp3) is 0.316. The molecule has 0 bridgehead atoms. The molecule has 2 aromatic rings. The van der Waals surface area contributed by atoms with Gasteiger partial charge in [-0.05, 0) is 61.2 Å². The molecule has 1 aliphatic heterocycles. The van der Waals surface area contributed by atoms with E-state index in [0.717, 1.165) is 16.7 Å². The molecule has 0 spiro atoms. The number of benzene rings is 2. The minimum absolute atomic E-state index is 0.0753. The van der Waals surface area contributed by atoms with Gasteiger partial charge in [-0.25, -0.2) is 8.42 Å². The lowest BCUT2D eigenvalue weighted by Gasteiger charge is -2.20. The summed E-state index contributed by atoms with van der Waals surface area (Å²) in [6.07, 6.45) is 0.978. The Bertz CT molecular complexity index is 987. The van der Waals surface area contributed by atoms with Crippen molar-refractivity contribution in [2.24, 2.45) is 0 Å². The number of rotatable bonds is 4. The molecule has 0 saturated carbocycles. The molecular formula is C19H21BrN2O3S. The van der Waals surface area contributed by atoms with Crippen molar-refractivity contribution in [3.63, 3.8) is 0 Å². The van der Waals surface area contributed by atoms with Crippen molar-refractivity contribution in [2.75, 3.05) is 16.2 Å². The number of halogens is 1. The van der Waals surface area contributed by atoms with E-state index in [4.69, 9.17) is 0 Å². The molecule has 3 rings (SSSR count). The summed E-state index contributed by atoms with van der Waals surface area (Å²) in [6, 6.07) is 8.87. The Morgan fingerprint density at radius 1 is 1.19 bits per heavy atom. The third-order valence-corrected chi connectivity index (χ3v) is 6.50. The zero-order valence-electron chi connectivity index (χ0n) is 15.0. The van der Waals surface area contributed by atoms with Crippen LogP contribution in [0, 0.1) is 13.8 Å². The van der Waals surface area contributed by atoms with Gasteiger partial charge in [-0.15, -0.1) is 0 Å². The van der Waals surface area contributed by atoms with Crippen LogP contribution in [0.15, 0.2) is 39.7 Å². The number of nitrogens with zero attached hydrogens (tertiary/aromatic N) is 1. The summed E-state index contributed by atoms with van der Waals surface area (Å²) in [5.41, 5.74) is 3.97. The summed E-state index contributed by atoms with van der Waals surface area (Å²) in [4.78, 5) is 14.0. The first-order valence-corrected chi connectivity index (χ1v) is 10.7. The second kappa shape index (κ2) is 7.04. The molecule has 0 radical (unpaired) electrons. The van der Waals surface area contributed by atoms with Gasteiger partial charge in [0.15, 0.2) is 0 Å². The number of carbonyl (C=O) groups is 1. The van der Waals surface area contributed by atoms with Gasteiger partial charge in [-0.3, -0.25) is 9.52 Å². The van der Waals surface area contributed by atoms with E-state index >= 15 is 0 Å². The molecular weight excluding hydrogens is 416 g/mol. The number of nitrogens with one attached hydrogen (secondary N) is 1. The Hall–Kier alpha value is -1.86. The number of anilines is 2. The van der Waals surface area contributed by atoms with Gasteiger partial charge in [0.1, 0.15) is 4.90 Å². The van der Waals surface area contributed by atoms with Crippen LogP contribution in [0.5, 0.6) is 0 Å². The average Bonchev–Trinajstić information content (AvgIpc) is 3.00. The number of fused-ring (bicyclic) bond motifs is 1. The fourth-order valence-corrected chi connectivity index (χ4v) is 5.11. The van der Waals surface area contributed by atoms with E-state index < -0.39 is 10.0 Å². The molecule has 0 atom stereocenters. The Morgan fingerprint density at radius 3 is 2.58 bits per heavy atom. The van der Waals surface area contributed by atoms with Crippen LogP contribution in [0.25, 0.3) is 0 Å². The summed E-state index contributed by atoms with van der Waals surface area (Å²) in [6.45, 7) is 6.19. The van der Waals surface area contributed by atoms with E-state index in [2.05, 4.69) is 20.7 Å². The van der Waals surface area contributed by atoms with Crippen LogP contribution in [0.3, 0.4) is 0 Å². The first-order chi connectivity index (χ1) is 12.2. The molecule has 1 amide bonds. The summed E-state index contributed by atoms with van der Waals surface area (Å²) in [5, 5.41) is 0.